The quantitative estimate of drug-likeness (QED) is 0.309. The molecule has 6 atom stereocenters. The van der Waals surface area contributed by atoms with Crippen molar-refractivity contribution in [1.82, 2.24) is 20.9 Å². The minimum atomic E-state index is -1.20. The van der Waals surface area contributed by atoms with Crippen LogP contribution in [0.3, 0.4) is 0 Å². The smallest absolute Gasteiger partial charge is 0.289 e. The lowest BCUT2D eigenvalue weighted by Crippen LogP contribution is -2.61. The number of amides is 4. The van der Waals surface area contributed by atoms with Crippen LogP contribution in [0.15, 0.2) is 0 Å². The van der Waals surface area contributed by atoms with Crippen LogP contribution in [-0.2, 0) is 24.0 Å². The maximum Gasteiger partial charge on any atom is 0.289 e. The van der Waals surface area contributed by atoms with E-state index in [9.17, 15) is 24.0 Å². The standard InChI is InChI=1S/C27H42N4O5/c1-6-16-13-27(16,21(33)23(35)28-7-2)30-22(34)19-18-17(25(18,3)4)14-31(19)24(36)20(29-15-32)26(5)11-9-8-10-12-26/h15-20H,6-14H2,1-5H3,(H,28,35)(H,29,32)(H,30,34)/t16-,17-,18-,19-,20+,27+/m0/s1. The van der Waals surface area contributed by atoms with Crippen molar-refractivity contribution in [2.45, 2.75) is 97.2 Å². The molecule has 0 spiro atoms. The summed E-state index contributed by atoms with van der Waals surface area (Å²) in [6.07, 6.45) is 6.50. The number of carbonyl (C=O) groups excluding carboxylic acids is 5. The van der Waals surface area contributed by atoms with E-state index in [0.29, 0.717) is 32.3 Å². The third-order valence-electron chi connectivity index (χ3n) is 9.83. The highest BCUT2D eigenvalue weighted by atomic mass is 16.2. The van der Waals surface area contributed by atoms with Crippen molar-refractivity contribution in [2.24, 2.45) is 28.6 Å². The van der Waals surface area contributed by atoms with E-state index < -0.39 is 29.3 Å². The molecule has 36 heavy (non-hydrogen) atoms. The molecule has 0 radical (unpaired) electrons. The molecule has 0 bridgehead atoms. The maximum atomic E-state index is 14.0. The Bertz CT molecular complexity index is 942. The number of carbonyl (C=O) groups is 5. The monoisotopic (exact) mass is 502 g/mol. The zero-order valence-electron chi connectivity index (χ0n) is 22.3. The summed E-state index contributed by atoms with van der Waals surface area (Å²) in [4.78, 5) is 66.4. The number of nitrogens with one attached hydrogen (secondary N) is 3. The lowest BCUT2D eigenvalue weighted by molar-refractivity contribution is -0.147. The molecule has 9 nitrogen and oxygen atoms in total. The SMILES string of the molecule is CCNC(=O)C(=O)[C@@]1(NC(=O)[C@@H]2[C@@H]3[C@H](CN2C(=O)[C@@H](NC=O)C2(C)CCCCC2)C3(C)C)C[C@@H]1CC. The molecule has 0 unspecified atom stereocenters. The first kappa shape index (κ1) is 26.6. The molecule has 4 amide bonds. The molecule has 0 aromatic heterocycles. The first-order chi connectivity index (χ1) is 17.0. The number of nitrogens with zero attached hydrogens (tertiary/aromatic N) is 1. The predicted molar refractivity (Wildman–Crippen MR) is 133 cm³/mol. The van der Waals surface area contributed by atoms with Crippen LogP contribution in [-0.4, -0.2) is 65.5 Å². The highest BCUT2D eigenvalue weighted by Gasteiger charge is 2.71. The molecule has 1 saturated heterocycles. The predicted octanol–water partition coefficient (Wildman–Crippen LogP) is 1.54. The highest BCUT2D eigenvalue weighted by molar-refractivity contribution is 6.41. The van der Waals surface area contributed by atoms with Gasteiger partial charge in [-0.05, 0) is 54.8 Å². The Morgan fingerprint density at radius 2 is 1.72 bits per heavy atom. The minimum Gasteiger partial charge on any atom is -0.350 e. The number of Topliss-reactive ketones (excluding diaryl/α,β-unsaturated/α-hetero) is 1. The Labute approximate surface area is 213 Å². The van der Waals surface area contributed by atoms with Gasteiger partial charge < -0.3 is 20.9 Å². The van der Waals surface area contributed by atoms with Crippen molar-refractivity contribution in [3.63, 3.8) is 0 Å². The van der Waals surface area contributed by atoms with Crippen LogP contribution in [0, 0.1) is 28.6 Å². The van der Waals surface area contributed by atoms with Gasteiger partial charge in [0.15, 0.2) is 0 Å². The van der Waals surface area contributed by atoms with Gasteiger partial charge in [0, 0.05) is 13.1 Å². The minimum absolute atomic E-state index is 0.0204. The number of hydrogen-bond acceptors (Lipinski definition) is 5. The van der Waals surface area contributed by atoms with Crippen LogP contribution in [0.4, 0.5) is 0 Å². The van der Waals surface area contributed by atoms with E-state index in [0.717, 1.165) is 32.1 Å². The molecule has 1 aliphatic heterocycles. The number of likely N-dealkylation sites (N-methyl/N-ethyl adjacent to an activating group) is 1. The highest BCUT2D eigenvalue weighted by Crippen LogP contribution is 2.65. The molecule has 9 heteroatoms. The van der Waals surface area contributed by atoms with Gasteiger partial charge in [0.25, 0.3) is 5.91 Å². The summed E-state index contributed by atoms with van der Waals surface area (Å²) < 4.78 is 0. The van der Waals surface area contributed by atoms with E-state index in [1.807, 2.05) is 6.92 Å². The second-order valence-corrected chi connectivity index (χ2v) is 12.3. The Hall–Kier alpha value is -2.45. The van der Waals surface area contributed by atoms with Crippen molar-refractivity contribution >= 4 is 29.9 Å². The zero-order chi connectivity index (χ0) is 26.5. The van der Waals surface area contributed by atoms with Gasteiger partial charge in [-0.2, -0.15) is 0 Å². The fourth-order valence-electron chi connectivity index (χ4n) is 7.31. The first-order valence-electron chi connectivity index (χ1n) is 13.6. The van der Waals surface area contributed by atoms with Crippen molar-refractivity contribution in [1.29, 1.82) is 0 Å². The largest absolute Gasteiger partial charge is 0.350 e. The van der Waals surface area contributed by atoms with E-state index in [2.05, 4.69) is 36.7 Å². The normalized spacial score (nSPS) is 34.1. The Kier molecular flexibility index (Phi) is 6.99. The number of likely N-dealkylation sites (tertiary alicyclic amines) is 1. The maximum absolute atomic E-state index is 14.0. The van der Waals surface area contributed by atoms with Crippen molar-refractivity contribution < 1.29 is 24.0 Å². The number of fused-ring (bicyclic) bond motifs is 1. The van der Waals surface area contributed by atoms with Crippen LogP contribution in [0.25, 0.3) is 0 Å². The molecule has 0 aromatic rings. The first-order valence-corrected chi connectivity index (χ1v) is 13.6. The summed E-state index contributed by atoms with van der Waals surface area (Å²) in [5.41, 5.74) is -1.66. The Morgan fingerprint density at radius 3 is 2.28 bits per heavy atom. The van der Waals surface area contributed by atoms with Gasteiger partial charge in [0.2, 0.25) is 24.0 Å². The number of ketones is 1. The fraction of sp³-hybridized carbons (Fsp3) is 0.815. The summed E-state index contributed by atoms with van der Waals surface area (Å²) in [6, 6.07) is -1.42. The van der Waals surface area contributed by atoms with Gasteiger partial charge in [-0.3, -0.25) is 24.0 Å². The van der Waals surface area contributed by atoms with Gasteiger partial charge in [0.1, 0.15) is 17.6 Å². The average Bonchev–Trinajstić information content (AvgIpc) is 3.60. The number of piperidine rings is 1. The third-order valence-corrected chi connectivity index (χ3v) is 9.83. The van der Waals surface area contributed by atoms with Crippen LogP contribution in [0.5, 0.6) is 0 Å². The van der Waals surface area contributed by atoms with E-state index in [4.69, 9.17) is 0 Å². The van der Waals surface area contributed by atoms with E-state index in [-0.39, 0.29) is 40.4 Å². The molecule has 200 valence electrons. The average molecular weight is 503 g/mol. The number of hydrogen-bond donors (Lipinski definition) is 3. The van der Waals surface area contributed by atoms with Crippen LogP contribution in [0.1, 0.15) is 79.6 Å². The lowest BCUT2D eigenvalue weighted by atomic mass is 9.70. The molecular weight excluding hydrogens is 460 g/mol. The molecule has 4 aliphatic rings. The van der Waals surface area contributed by atoms with Crippen molar-refractivity contribution in [2.75, 3.05) is 13.1 Å². The Morgan fingerprint density at radius 1 is 1.06 bits per heavy atom. The topological polar surface area (TPSA) is 125 Å². The number of rotatable bonds is 10. The van der Waals surface area contributed by atoms with E-state index >= 15 is 0 Å². The van der Waals surface area contributed by atoms with Gasteiger partial charge in [-0.15, -0.1) is 0 Å². The van der Waals surface area contributed by atoms with Gasteiger partial charge in [0.05, 0.1) is 0 Å². The molecule has 3 N–H and O–H groups in total. The molecule has 3 aliphatic carbocycles. The lowest BCUT2D eigenvalue weighted by Gasteiger charge is -2.42. The molecule has 4 fully saturated rings. The fourth-order valence-corrected chi connectivity index (χ4v) is 7.31. The summed E-state index contributed by atoms with van der Waals surface area (Å²) in [5.74, 6) is -1.82. The summed E-state index contributed by atoms with van der Waals surface area (Å²) in [7, 11) is 0. The van der Waals surface area contributed by atoms with Crippen LogP contribution >= 0.6 is 0 Å². The second-order valence-electron chi connectivity index (χ2n) is 12.3. The molecule has 0 aromatic carbocycles. The zero-order valence-corrected chi connectivity index (χ0v) is 22.3. The molecular formula is C27H42N4O5. The second kappa shape index (κ2) is 9.45. The van der Waals surface area contributed by atoms with Gasteiger partial charge in [-0.25, -0.2) is 0 Å². The summed E-state index contributed by atoms with van der Waals surface area (Å²) in [5, 5.41) is 8.31. The van der Waals surface area contributed by atoms with Gasteiger partial charge in [-0.1, -0.05) is 53.4 Å². The third kappa shape index (κ3) is 4.22. The summed E-state index contributed by atoms with van der Waals surface area (Å²) >= 11 is 0. The van der Waals surface area contributed by atoms with E-state index in [1.165, 1.54) is 0 Å². The van der Waals surface area contributed by atoms with Crippen LogP contribution in [0.2, 0.25) is 0 Å². The molecule has 3 saturated carbocycles. The van der Waals surface area contributed by atoms with Crippen molar-refractivity contribution in [3.05, 3.63) is 0 Å². The Balaban J connectivity index is 1.59. The molecule has 1 heterocycles. The molecule has 4 rings (SSSR count). The summed E-state index contributed by atoms with van der Waals surface area (Å²) in [6.45, 7) is 10.7. The van der Waals surface area contributed by atoms with Crippen molar-refractivity contribution in [3.8, 4) is 0 Å². The van der Waals surface area contributed by atoms with Crippen LogP contribution < -0.4 is 16.0 Å². The van der Waals surface area contributed by atoms with E-state index in [1.54, 1.807) is 11.8 Å². The van der Waals surface area contributed by atoms with Gasteiger partial charge >= 0.3 is 0 Å².